The van der Waals surface area contributed by atoms with E-state index in [2.05, 4.69) is 20.3 Å². The highest BCUT2D eigenvalue weighted by molar-refractivity contribution is 6.33. The van der Waals surface area contributed by atoms with E-state index in [1.807, 2.05) is 18.4 Å². The highest BCUT2D eigenvalue weighted by Crippen LogP contribution is 2.23. The van der Waals surface area contributed by atoms with Gasteiger partial charge in [-0.25, -0.2) is 9.78 Å². The molecule has 0 unspecified atom stereocenters. The van der Waals surface area contributed by atoms with Crippen LogP contribution in [0, 0.1) is 0 Å². The lowest BCUT2D eigenvalue weighted by Crippen LogP contribution is -2.27. The molecule has 0 saturated heterocycles. The number of nitrogens with one attached hydrogen (secondary N) is 1. The Morgan fingerprint density at radius 3 is 2.62 bits per heavy atom. The van der Waals surface area contributed by atoms with Gasteiger partial charge in [0.15, 0.2) is 10.8 Å². The van der Waals surface area contributed by atoms with Crippen LogP contribution < -0.4 is 5.32 Å². The van der Waals surface area contributed by atoms with Crippen LogP contribution in [0.3, 0.4) is 0 Å². The van der Waals surface area contributed by atoms with Gasteiger partial charge in [0.2, 0.25) is 5.95 Å². The first-order valence-electron chi connectivity index (χ1n) is 6.57. The third-order valence-corrected chi connectivity index (χ3v) is 2.81. The number of amides is 1. The molecule has 0 aliphatic rings. The van der Waals surface area contributed by atoms with Gasteiger partial charge in [-0.3, -0.25) is 5.32 Å². The summed E-state index contributed by atoms with van der Waals surface area (Å²) < 4.78 is 7.01. The van der Waals surface area contributed by atoms with Crippen LogP contribution in [0.5, 0.6) is 0 Å². The average molecular weight is 312 g/mol. The molecule has 0 fully saturated rings. The summed E-state index contributed by atoms with van der Waals surface area (Å²) in [6.07, 6.45) is 1.01. The topological polar surface area (TPSA) is 81.9 Å². The Kier molecular flexibility index (Phi) is 4.04. The van der Waals surface area contributed by atoms with Gasteiger partial charge >= 0.3 is 6.09 Å². The van der Waals surface area contributed by atoms with Crippen LogP contribution in [-0.2, 0) is 4.74 Å². The summed E-state index contributed by atoms with van der Waals surface area (Å²) in [5.74, 6) is 0.0872. The zero-order valence-electron chi connectivity index (χ0n) is 12.6. The number of carbonyl (C=O) groups is 1. The maximum Gasteiger partial charge on any atom is 0.414 e. The smallest absolute Gasteiger partial charge is 0.414 e. The number of nitrogens with zero attached hydrogens (tertiary/aromatic N) is 4. The second kappa shape index (κ2) is 5.48. The molecule has 0 aliphatic carbocycles. The van der Waals surface area contributed by atoms with Crippen molar-refractivity contribution in [3.05, 3.63) is 11.5 Å². The number of carbonyl (C=O) groups excluding carboxylic acids is 1. The first-order chi connectivity index (χ1) is 9.67. The fourth-order valence-electron chi connectivity index (χ4n) is 1.71. The number of hydrogen-bond donors (Lipinski definition) is 1. The molecule has 0 aromatic carbocycles. The standard InChI is InChI=1S/C13H18ClN5O2/c1-7(2)19-6-15-8-9(14)16-11(17-10(8)19)18-12(20)21-13(3,4)5/h6-7H,1-5H3,(H,16,17,18,20). The summed E-state index contributed by atoms with van der Waals surface area (Å²) in [4.78, 5) is 24.2. The Morgan fingerprint density at radius 1 is 1.38 bits per heavy atom. The molecule has 1 N–H and O–H groups in total. The predicted molar refractivity (Wildman–Crippen MR) is 80.6 cm³/mol. The first kappa shape index (κ1) is 15.5. The monoisotopic (exact) mass is 311 g/mol. The average Bonchev–Trinajstić information content (AvgIpc) is 2.70. The number of anilines is 1. The summed E-state index contributed by atoms with van der Waals surface area (Å²) in [7, 11) is 0. The number of ether oxygens (including phenoxy) is 1. The lowest BCUT2D eigenvalue weighted by molar-refractivity contribution is 0.0634. The largest absolute Gasteiger partial charge is 0.444 e. The second-order valence-electron chi connectivity index (χ2n) is 5.88. The van der Waals surface area contributed by atoms with E-state index < -0.39 is 11.7 Å². The van der Waals surface area contributed by atoms with E-state index in [1.54, 1.807) is 27.1 Å². The van der Waals surface area contributed by atoms with Crippen LogP contribution >= 0.6 is 11.6 Å². The zero-order valence-corrected chi connectivity index (χ0v) is 13.4. The number of halogens is 1. The van der Waals surface area contributed by atoms with Crippen molar-refractivity contribution in [1.29, 1.82) is 0 Å². The number of rotatable bonds is 2. The van der Waals surface area contributed by atoms with E-state index >= 15 is 0 Å². The minimum atomic E-state index is -0.631. The molecule has 7 nitrogen and oxygen atoms in total. The lowest BCUT2D eigenvalue weighted by atomic mass is 10.2. The molecule has 0 spiro atoms. The van der Waals surface area contributed by atoms with Crippen molar-refractivity contribution in [2.75, 3.05) is 5.32 Å². The zero-order chi connectivity index (χ0) is 15.8. The fraction of sp³-hybridized carbons (Fsp3) is 0.538. The van der Waals surface area contributed by atoms with Gasteiger partial charge < -0.3 is 9.30 Å². The predicted octanol–water partition coefficient (Wildman–Crippen LogP) is 3.41. The Balaban J connectivity index is 2.33. The molecule has 0 saturated carbocycles. The quantitative estimate of drug-likeness (QED) is 0.859. The minimum absolute atomic E-state index is 0.0872. The van der Waals surface area contributed by atoms with Crippen molar-refractivity contribution in [2.24, 2.45) is 0 Å². The SMILES string of the molecule is CC(C)n1cnc2c(Cl)nc(NC(=O)OC(C)(C)C)nc21. The van der Waals surface area contributed by atoms with E-state index in [9.17, 15) is 4.79 Å². The highest BCUT2D eigenvalue weighted by Gasteiger charge is 2.19. The van der Waals surface area contributed by atoms with E-state index in [1.165, 1.54) is 0 Å². The highest BCUT2D eigenvalue weighted by atomic mass is 35.5. The van der Waals surface area contributed by atoms with Crippen LogP contribution in [-0.4, -0.2) is 31.2 Å². The van der Waals surface area contributed by atoms with E-state index in [4.69, 9.17) is 16.3 Å². The Labute approximate surface area is 127 Å². The number of aromatic nitrogens is 4. The van der Waals surface area contributed by atoms with Crippen LogP contribution in [0.4, 0.5) is 10.7 Å². The first-order valence-corrected chi connectivity index (χ1v) is 6.95. The van der Waals surface area contributed by atoms with Crippen LogP contribution in [0.2, 0.25) is 5.15 Å². The van der Waals surface area contributed by atoms with Gasteiger partial charge in [-0.05, 0) is 34.6 Å². The van der Waals surface area contributed by atoms with Crippen LogP contribution in [0.1, 0.15) is 40.7 Å². The third kappa shape index (κ3) is 3.60. The number of fused-ring (bicyclic) bond motifs is 1. The molecule has 2 aromatic heterocycles. The molecule has 0 aliphatic heterocycles. The van der Waals surface area contributed by atoms with E-state index in [0.29, 0.717) is 11.2 Å². The molecule has 1 amide bonds. The Hall–Kier alpha value is -1.89. The number of imidazole rings is 1. The molecule has 2 aromatic rings. The molecule has 0 radical (unpaired) electrons. The summed E-state index contributed by atoms with van der Waals surface area (Å²) in [6, 6.07) is 0.162. The van der Waals surface area contributed by atoms with Gasteiger partial charge in [0.05, 0.1) is 6.33 Å². The molecule has 114 valence electrons. The summed E-state index contributed by atoms with van der Waals surface area (Å²) in [5, 5.41) is 2.66. The summed E-state index contributed by atoms with van der Waals surface area (Å²) >= 11 is 6.08. The van der Waals surface area contributed by atoms with Gasteiger partial charge in [-0.2, -0.15) is 9.97 Å². The molecule has 0 bridgehead atoms. The van der Waals surface area contributed by atoms with E-state index in [-0.39, 0.29) is 17.1 Å². The molecule has 8 heteroatoms. The summed E-state index contributed by atoms with van der Waals surface area (Å²) in [5.41, 5.74) is 0.466. The van der Waals surface area contributed by atoms with Crippen molar-refractivity contribution in [3.8, 4) is 0 Å². The molecule has 21 heavy (non-hydrogen) atoms. The second-order valence-corrected chi connectivity index (χ2v) is 6.24. The molecule has 0 atom stereocenters. The van der Waals surface area contributed by atoms with Crippen LogP contribution in [0.25, 0.3) is 11.2 Å². The van der Waals surface area contributed by atoms with Crippen molar-refractivity contribution in [3.63, 3.8) is 0 Å². The third-order valence-electron chi connectivity index (χ3n) is 2.55. The normalized spacial score (nSPS) is 12.0. The van der Waals surface area contributed by atoms with Gasteiger partial charge in [0, 0.05) is 6.04 Å². The molecule has 2 rings (SSSR count). The van der Waals surface area contributed by atoms with Crippen LogP contribution in [0.15, 0.2) is 6.33 Å². The molecular weight excluding hydrogens is 294 g/mol. The van der Waals surface area contributed by atoms with Crippen molar-refractivity contribution in [2.45, 2.75) is 46.3 Å². The summed E-state index contributed by atoms with van der Waals surface area (Å²) in [6.45, 7) is 9.32. The number of hydrogen-bond acceptors (Lipinski definition) is 5. The van der Waals surface area contributed by atoms with Crippen molar-refractivity contribution < 1.29 is 9.53 Å². The van der Waals surface area contributed by atoms with E-state index in [0.717, 1.165) is 0 Å². The maximum absolute atomic E-state index is 11.8. The van der Waals surface area contributed by atoms with Gasteiger partial charge in [-0.1, -0.05) is 11.6 Å². The minimum Gasteiger partial charge on any atom is -0.444 e. The Bertz CT molecular complexity index is 675. The molecular formula is C13H18ClN5O2. The fourth-order valence-corrected chi connectivity index (χ4v) is 1.92. The van der Waals surface area contributed by atoms with Gasteiger partial charge in [0.1, 0.15) is 11.1 Å². The maximum atomic E-state index is 11.8. The Morgan fingerprint density at radius 2 is 2.05 bits per heavy atom. The lowest BCUT2D eigenvalue weighted by Gasteiger charge is -2.19. The van der Waals surface area contributed by atoms with Crippen molar-refractivity contribution in [1.82, 2.24) is 19.5 Å². The van der Waals surface area contributed by atoms with Gasteiger partial charge in [0.25, 0.3) is 0 Å². The molecule has 2 heterocycles. The van der Waals surface area contributed by atoms with Crippen molar-refractivity contribution >= 4 is 34.8 Å². The van der Waals surface area contributed by atoms with Gasteiger partial charge in [-0.15, -0.1) is 0 Å².